The first-order valence-corrected chi connectivity index (χ1v) is 11.6. The molecule has 1 saturated carbocycles. The summed E-state index contributed by atoms with van der Waals surface area (Å²) in [5.41, 5.74) is 1.59. The Hall–Kier alpha value is -3.75. The highest BCUT2D eigenvalue weighted by atomic mass is 16.2. The van der Waals surface area contributed by atoms with Gasteiger partial charge in [0.05, 0.1) is 17.5 Å². The fraction of sp³-hybridized carbons (Fsp3) is 0.400. The van der Waals surface area contributed by atoms with E-state index in [0.717, 1.165) is 24.8 Å². The number of hydrogen-bond acceptors (Lipinski definition) is 5. The maximum Gasteiger partial charge on any atom is 0.329 e. The third-order valence-electron chi connectivity index (χ3n) is 6.04. The van der Waals surface area contributed by atoms with Crippen LogP contribution in [-0.2, 0) is 17.8 Å². The average Bonchev–Trinajstić information content (AvgIpc) is 3.66. The lowest BCUT2D eigenvalue weighted by molar-refractivity contribution is -0.116. The van der Waals surface area contributed by atoms with E-state index in [9.17, 15) is 19.2 Å². The molecule has 0 atom stereocenters. The van der Waals surface area contributed by atoms with Crippen molar-refractivity contribution in [1.82, 2.24) is 19.4 Å². The lowest BCUT2D eigenvalue weighted by Crippen LogP contribution is -2.37. The number of fused-ring (bicyclic) bond motifs is 1. The Morgan fingerprint density at radius 2 is 1.94 bits per heavy atom. The molecular weight excluding hydrogens is 434 g/mol. The first kappa shape index (κ1) is 23.4. The highest BCUT2D eigenvalue weighted by molar-refractivity contribution is 6.07. The molecule has 0 aliphatic heterocycles. The largest absolute Gasteiger partial charge is 0.332 e. The predicted octanol–water partition coefficient (Wildman–Crippen LogP) is 2.65. The van der Waals surface area contributed by atoms with Gasteiger partial charge in [-0.15, -0.1) is 0 Å². The Labute approximate surface area is 196 Å². The smallest absolute Gasteiger partial charge is 0.329 e. The van der Waals surface area contributed by atoms with Gasteiger partial charge in [0, 0.05) is 30.9 Å². The maximum atomic E-state index is 13.4. The number of para-hydroxylation sites is 1. The van der Waals surface area contributed by atoms with E-state index in [1.807, 2.05) is 38.1 Å². The normalized spacial score (nSPS) is 13.1. The number of carbonyl (C=O) groups is 2. The third kappa shape index (κ3) is 4.64. The average molecular weight is 464 g/mol. The zero-order valence-corrected chi connectivity index (χ0v) is 19.7. The summed E-state index contributed by atoms with van der Waals surface area (Å²) in [5.74, 6) is -0.602. The molecule has 1 fully saturated rings. The van der Waals surface area contributed by atoms with Crippen LogP contribution in [0.5, 0.6) is 0 Å². The van der Waals surface area contributed by atoms with Crippen LogP contribution < -0.4 is 16.6 Å². The number of likely N-dealkylation sites (N-methyl/N-ethyl adjacent to an activating group) is 1. The zero-order valence-electron chi connectivity index (χ0n) is 19.7. The molecule has 3 aromatic rings. The summed E-state index contributed by atoms with van der Waals surface area (Å²) in [6.07, 6.45) is 3.32. The highest BCUT2D eigenvalue weighted by Crippen LogP contribution is 2.40. The van der Waals surface area contributed by atoms with Crippen LogP contribution in [0.4, 0.5) is 5.69 Å². The summed E-state index contributed by atoms with van der Waals surface area (Å²) in [5, 5.41) is 2.94. The van der Waals surface area contributed by atoms with Crippen molar-refractivity contribution in [2.24, 2.45) is 0 Å². The molecule has 2 N–H and O–H groups in total. The molecule has 2 heterocycles. The molecule has 9 nitrogen and oxygen atoms in total. The molecule has 178 valence electrons. The molecule has 9 heteroatoms. The van der Waals surface area contributed by atoms with Crippen LogP contribution in [0.3, 0.4) is 0 Å². The van der Waals surface area contributed by atoms with Crippen molar-refractivity contribution in [2.75, 3.05) is 18.9 Å². The summed E-state index contributed by atoms with van der Waals surface area (Å²) in [6.45, 7) is 4.10. The number of rotatable bonds is 8. The second-order valence-corrected chi connectivity index (χ2v) is 8.70. The minimum Gasteiger partial charge on any atom is -0.332 e. The molecule has 0 bridgehead atoms. The van der Waals surface area contributed by atoms with Crippen LogP contribution in [0.15, 0.2) is 39.9 Å². The van der Waals surface area contributed by atoms with Gasteiger partial charge in [-0.05, 0) is 43.4 Å². The van der Waals surface area contributed by atoms with Gasteiger partial charge >= 0.3 is 5.69 Å². The number of nitrogens with one attached hydrogen (secondary N) is 2. The molecule has 2 aromatic heterocycles. The third-order valence-corrected chi connectivity index (χ3v) is 6.04. The number of H-pyrrole nitrogens is 1. The number of carbonyl (C=O) groups excluding carboxylic acids is 2. The van der Waals surface area contributed by atoms with Crippen molar-refractivity contribution < 1.29 is 9.59 Å². The first-order chi connectivity index (χ1) is 16.3. The Bertz CT molecular complexity index is 1370. The standard InChI is InChI=1S/C25H29N5O4/c1-4-12-30-22-21(23(32)28-25(30)34)17(13-19(27-22)16-10-11-16)24(33)29(3)14-20(31)26-18-9-7-6-8-15(18)5-2/h6-9,13,16H,4-5,10-12,14H2,1-3H3,(H,26,31)(H,28,32,34). The van der Waals surface area contributed by atoms with Gasteiger partial charge in [0.15, 0.2) is 5.65 Å². The monoisotopic (exact) mass is 463 g/mol. The number of amides is 2. The van der Waals surface area contributed by atoms with E-state index in [-0.39, 0.29) is 35.0 Å². The van der Waals surface area contributed by atoms with E-state index in [2.05, 4.69) is 15.3 Å². The van der Waals surface area contributed by atoms with Gasteiger partial charge < -0.3 is 10.2 Å². The Morgan fingerprint density at radius 3 is 2.62 bits per heavy atom. The molecular formula is C25H29N5O4. The number of nitrogens with zero attached hydrogens (tertiary/aromatic N) is 3. The Morgan fingerprint density at radius 1 is 1.21 bits per heavy atom. The molecule has 0 radical (unpaired) electrons. The fourth-order valence-corrected chi connectivity index (χ4v) is 4.11. The minimum absolute atomic E-state index is 0.0750. The molecule has 34 heavy (non-hydrogen) atoms. The van der Waals surface area contributed by atoms with Crippen molar-refractivity contribution in [3.8, 4) is 0 Å². The maximum absolute atomic E-state index is 13.4. The van der Waals surface area contributed by atoms with Crippen molar-refractivity contribution in [3.05, 3.63) is 68.0 Å². The van der Waals surface area contributed by atoms with Gasteiger partial charge in [0.1, 0.15) is 0 Å². The molecule has 1 aromatic carbocycles. The zero-order chi connectivity index (χ0) is 24.4. The van der Waals surface area contributed by atoms with Crippen LogP contribution in [-0.4, -0.2) is 44.8 Å². The lowest BCUT2D eigenvalue weighted by atomic mass is 10.1. The van der Waals surface area contributed by atoms with Gasteiger partial charge in [-0.3, -0.25) is 23.9 Å². The number of aryl methyl sites for hydroxylation is 2. The summed E-state index contributed by atoms with van der Waals surface area (Å²) >= 11 is 0. The van der Waals surface area contributed by atoms with Gasteiger partial charge in [0.25, 0.3) is 11.5 Å². The van der Waals surface area contributed by atoms with E-state index in [0.29, 0.717) is 24.3 Å². The topological polar surface area (TPSA) is 117 Å². The summed E-state index contributed by atoms with van der Waals surface area (Å²) in [4.78, 5) is 59.6. The summed E-state index contributed by atoms with van der Waals surface area (Å²) in [6, 6.07) is 9.15. The number of aromatic amines is 1. The number of pyridine rings is 1. The number of aromatic nitrogens is 3. The molecule has 1 aliphatic rings. The number of hydrogen-bond donors (Lipinski definition) is 2. The van der Waals surface area contributed by atoms with Crippen LogP contribution in [0.2, 0.25) is 0 Å². The number of benzene rings is 1. The molecule has 0 spiro atoms. The van der Waals surface area contributed by atoms with E-state index in [1.54, 1.807) is 6.07 Å². The van der Waals surface area contributed by atoms with Crippen molar-refractivity contribution in [3.63, 3.8) is 0 Å². The van der Waals surface area contributed by atoms with Crippen molar-refractivity contribution in [1.29, 1.82) is 0 Å². The van der Waals surface area contributed by atoms with E-state index < -0.39 is 17.2 Å². The highest BCUT2D eigenvalue weighted by Gasteiger charge is 2.29. The van der Waals surface area contributed by atoms with Gasteiger partial charge in [-0.2, -0.15) is 0 Å². The molecule has 2 amide bonds. The molecule has 4 rings (SSSR count). The molecule has 0 unspecified atom stereocenters. The van der Waals surface area contributed by atoms with Crippen LogP contribution in [0, 0.1) is 0 Å². The van der Waals surface area contributed by atoms with Crippen LogP contribution in [0.25, 0.3) is 11.0 Å². The Balaban J connectivity index is 1.68. The Kier molecular flexibility index (Phi) is 6.63. The SMILES string of the molecule is CCCn1c(=O)[nH]c(=O)c2c(C(=O)N(C)CC(=O)Nc3ccccc3CC)cc(C3CC3)nc21. The quantitative estimate of drug-likeness (QED) is 0.533. The molecule has 1 aliphatic carbocycles. The van der Waals surface area contributed by atoms with Crippen LogP contribution in [0.1, 0.15) is 60.6 Å². The minimum atomic E-state index is -0.653. The first-order valence-electron chi connectivity index (χ1n) is 11.6. The van der Waals surface area contributed by atoms with Gasteiger partial charge in [-0.25, -0.2) is 9.78 Å². The second kappa shape index (κ2) is 9.62. The number of anilines is 1. The van der Waals surface area contributed by atoms with Crippen molar-refractivity contribution in [2.45, 2.75) is 52.0 Å². The van der Waals surface area contributed by atoms with Crippen LogP contribution >= 0.6 is 0 Å². The lowest BCUT2D eigenvalue weighted by Gasteiger charge is -2.19. The van der Waals surface area contributed by atoms with Gasteiger partial charge in [-0.1, -0.05) is 32.0 Å². The van der Waals surface area contributed by atoms with E-state index >= 15 is 0 Å². The summed E-state index contributed by atoms with van der Waals surface area (Å²) in [7, 11) is 1.52. The molecule has 0 saturated heterocycles. The summed E-state index contributed by atoms with van der Waals surface area (Å²) < 4.78 is 1.41. The van der Waals surface area contributed by atoms with E-state index in [4.69, 9.17) is 0 Å². The van der Waals surface area contributed by atoms with Crippen molar-refractivity contribution >= 4 is 28.5 Å². The van der Waals surface area contributed by atoms with Gasteiger partial charge in [0.2, 0.25) is 5.91 Å². The predicted molar refractivity (Wildman–Crippen MR) is 130 cm³/mol. The fourth-order valence-electron chi connectivity index (χ4n) is 4.11. The van der Waals surface area contributed by atoms with E-state index in [1.165, 1.54) is 16.5 Å². The second-order valence-electron chi connectivity index (χ2n) is 8.70.